The summed E-state index contributed by atoms with van der Waals surface area (Å²) in [6, 6.07) is 3.60. The zero-order chi connectivity index (χ0) is 11.0. The van der Waals surface area contributed by atoms with Crippen LogP contribution in [0, 0.1) is 0 Å². The number of carbonyl (C=O) groups excluding carboxylic acids is 1. The largest absolute Gasteiger partial charge is 1.00 e. The van der Waals surface area contributed by atoms with Crippen LogP contribution in [0.25, 0.3) is 0 Å². The summed E-state index contributed by atoms with van der Waals surface area (Å²) < 4.78 is 5.23. The maximum absolute atomic E-state index is 11.1. The van der Waals surface area contributed by atoms with Gasteiger partial charge in [-0.15, -0.1) is 0 Å². The number of fused-ring (bicyclic) bond motifs is 1. The van der Waals surface area contributed by atoms with E-state index in [4.69, 9.17) is 4.74 Å². The molecule has 1 aromatic heterocycles. The molecule has 1 unspecified atom stereocenters. The molecule has 3 heterocycles. The first kappa shape index (κ1) is 11.6. The molecule has 2 N–H and O–H groups in total. The third-order valence-electron chi connectivity index (χ3n) is 2.32. The maximum Gasteiger partial charge on any atom is 0.262 e. The Labute approximate surface area is 103 Å². The molecule has 1 amide bonds. The number of nitrogens with zero attached hydrogens (tertiary/aromatic N) is 2. The number of quaternary nitrogens is 1. The highest BCUT2D eigenvalue weighted by Crippen LogP contribution is 2.25. The second-order valence-corrected chi connectivity index (χ2v) is 3.44. The van der Waals surface area contributed by atoms with Gasteiger partial charge in [-0.3, -0.25) is 4.79 Å². The molecule has 0 bridgehead atoms. The van der Waals surface area contributed by atoms with Crippen LogP contribution in [0.15, 0.2) is 29.5 Å². The van der Waals surface area contributed by atoms with E-state index >= 15 is 0 Å². The highest BCUT2D eigenvalue weighted by molar-refractivity contribution is 5.94. The highest BCUT2D eigenvalue weighted by Gasteiger charge is 2.20. The molecule has 17 heavy (non-hydrogen) atoms. The van der Waals surface area contributed by atoms with Gasteiger partial charge in [0.25, 0.3) is 5.91 Å². The van der Waals surface area contributed by atoms with Gasteiger partial charge in [0, 0.05) is 6.07 Å². The minimum Gasteiger partial charge on any atom is -1.00 e. The van der Waals surface area contributed by atoms with Gasteiger partial charge < -0.3 is 22.5 Å². The fourth-order valence-electron chi connectivity index (χ4n) is 1.57. The molecule has 0 radical (unpaired) electrons. The predicted octanol–water partition coefficient (Wildman–Crippen LogP) is -3.55. The van der Waals surface area contributed by atoms with E-state index in [9.17, 15) is 4.79 Å². The Morgan fingerprint density at radius 3 is 3.06 bits per heavy atom. The van der Waals surface area contributed by atoms with Gasteiger partial charge in [0.1, 0.15) is 11.9 Å². The Hall–Kier alpha value is -1.92. The second kappa shape index (κ2) is 4.52. The molecular formula is C10H9ClN4O2. The van der Waals surface area contributed by atoms with E-state index in [1.807, 2.05) is 12.3 Å². The second-order valence-electron chi connectivity index (χ2n) is 3.44. The summed E-state index contributed by atoms with van der Waals surface area (Å²) in [4.78, 5) is 20.3. The summed E-state index contributed by atoms with van der Waals surface area (Å²) in [5, 5.41) is 2.69. The molecule has 3 rings (SSSR count). The van der Waals surface area contributed by atoms with Gasteiger partial charge in [-0.05, 0) is 6.07 Å². The molecule has 1 atom stereocenters. The summed E-state index contributed by atoms with van der Waals surface area (Å²) in [5.41, 5.74) is 0.611. The lowest BCUT2D eigenvalue weighted by Gasteiger charge is -2.17. The number of hydrogen-bond acceptors (Lipinski definition) is 4. The molecule has 0 fully saturated rings. The molecule has 88 valence electrons. The lowest BCUT2D eigenvalue weighted by atomic mass is 10.3. The first-order valence-electron chi connectivity index (χ1n) is 4.84. The van der Waals surface area contributed by atoms with Crippen molar-refractivity contribution >= 4 is 23.8 Å². The van der Waals surface area contributed by atoms with Crippen molar-refractivity contribution in [2.24, 2.45) is 4.99 Å². The molecule has 2 aliphatic rings. The number of halogens is 1. The van der Waals surface area contributed by atoms with Crippen LogP contribution in [0.4, 0.5) is 11.5 Å². The fourth-order valence-corrected chi connectivity index (χ4v) is 1.57. The molecular weight excluding hydrogens is 244 g/mol. The van der Waals surface area contributed by atoms with Crippen LogP contribution in [0.1, 0.15) is 0 Å². The summed E-state index contributed by atoms with van der Waals surface area (Å²) in [7, 11) is 0. The topological polar surface area (TPSA) is 68.0 Å². The van der Waals surface area contributed by atoms with E-state index in [2.05, 4.69) is 15.3 Å². The third kappa shape index (κ3) is 2.13. The molecule has 0 saturated carbocycles. The summed E-state index contributed by atoms with van der Waals surface area (Å²) in [5.74, 6) is 1.09. The molecule has 0 aliphatic carbocycles. The molecule has 6 nitrogen and oxygen atoms in total. The van der Waals surface area contributed by atoms with Crippen LogP contribution in [0.3, 0.4) is 0 Å². The van der Waals surface area contributed by atoms with E-state index in [1.54, 1.807) is 18.6 Å². The number of rotatable bonds is 1. The normalized spacial score (nSPS) is 20.2. The third-order valence-corrected chi connectivity index (χ3v) is 2.32. The Bertz CT molecular complexity index is 503. The first-order valence-corrected chi connectivity index (χ1v) is 4.84. The van der Waals surface area contributed by atoms with Crippen LogP contribution in [-0.2, 0) is 4.79 Å². The van der Waals surface area contributed by atoms with Crippen molar-refractivity contribution < 1.29 is 26.8 Å². The number of amides is 1. The molecule has 0 aromatic carbocycles. The Kier molecular flexibility index (Phi) is 3.08. The lowest BCUT2D eigenvalue weighted by Crippen LogP contribution is -3.00. The smallest absolute Gasteiger partial charge is 0.262 e. The highest BCUT2D eigenvalue weighted by atomic mass is 35.5. The maximum atomic E-state index is 11.1. The zero-order valence-corrected chi connectivity index (χ0v) is 9.44. The lowest BCUT2D eigenvalue weighted by molar-refractivity contribution is -0.658. The SMILES string of the molecule is O=C1COc2nc([NH+]3C=CN=C3)ccc2N1.[Cl-]. The van der Waals surface area contributed by atoms with E-state index < -0.39 is 0 Å². The van der Waals surface area contributed by atoms with Gasteiger partial charge in [0.2, 0.25) is 11.7 Å². The van der Waals surface area contributed by atoms with Gasteiger partial charge in [0.15, 0.2) is 12.9 Å². The zero-order valence-electron chi connectivity index (χ0n) is 8.68. The van der Waals surface area contributed by atoms with Crippen LogP contribution in [-0.4, -0.2) is 23.8 Å². The molecule has 1 aromatic rings. The Balaban J connectivity index is 0.00000108. The monoisotopic (exact) mass is 252 g/mol. The van der Waals surface area contributed by atoms with Crippen molar-refractivity contribution in [2.75, 3.05) is 11.9 Å². The van der Waals surface area contributed by atoms with Crippen molar-refractivity contribution in [3.05, 3.63) is 24.5 Å². The van der Waals surface area contributed by atoms with Crippen molar-refractivity contribution in [2.45, 2.75) is 0 Å². The fraction of sp³-hybridized carbons (Fsp3) is 0.100. The number of carbonyl (C=O) groups is 1. The number of ether oxygens (including phenoxy) is 1. The number of hydrogen-bond donors (Lipinski definition) is 2. The van der Waals surface area contributed by atoms with E-state index in [0.717, 1.165) is 10.7 Å². The van der Waals surface area contributed by atoms with E-state index in [1.165, 1.54) is 0 Å². The van der Waals surface area contributed by atoms with Gasteiger partial charge in [-0.25, -0.2) is 9.89 Å². The first-order chi connectivity index (χ1) is 7.83. The summed E-state index contributed by atoms with van der Waals surface area (Å²) in [6.07, 6.45) is 5.31. The number of anilines is 1. The molecule has 0 saturated heterocycles. The van der Waals surface area contributed by atoms with Crippen LogP contribution >= 0.6 is 0 Å². The Morgan fingerprint density at radius 2 is 2.29 bits per heavy atom. The summed E-state index contributed by atoms with van der Waals surface area (Å²) >= 11 is 0. The van der Waals surface area contributed by atoms with Crippen LogP contribution in [0.2, 0.25) is 0 Å². The van der Waals surface area contributed by atoms with E-state index in [0.29, 0.717) is 11.6 Å². The number of aliphatic imine (C=N–C) groups is 1. The number of aromatic nitrogens is 1. The van der Waals surface area contributed by atoms with Gasteiger partial charge in [0.05, 0.1) is 6.20 Å². The number of nitrogens with one attached hydrogen (secondary N) is 2. The minimum atomic E-state index is -0.156. The van der Waals surface area contributed by atoms with Crippen molar-refractivity contribution in [3.63, 3.8) is 0 Å². The van der Waals surface area contributed by atoms with Gasteiger partial charge >= 0.3 is 0 Å². The van der Waals surface area contributed by atoms with Crippen molar-refractivity contribution in [1.82, 2.24) is 4.98 Å². The van der Waals surface area contributed by atoms with Crippen molar-refractivity contribution in [3.8, 4) is 5.88 Å². The molecule has 7 heteroatoms. The average Bonchev–Trinajstić information content (AvgIpc) is 2.82. The van der Waals surface area contributed by atoms with Gasteiger partial charge in [-0.2, -0.15) is 4.98 Å². The molecule has 2 aliphatic heterocycles. The summed E-state index contributed by atoms with van der Waals surface area (Å²) in [6.45, 7) is 0.0166. The Morgan fingerprint density at radius 1 is 1.41 bits per heavy atom. The number of pyridine rings is 1. The minimum absolute atomic E-state index is 0. The standard InChI is InChI=1S/C10H8N4O2.ClH/c15-9-5-16-10-7(12-9)1-2-8(13-10)14-4-3-11-6-14;/h1-4,6H,5H2,(H,12,15);1H. The predicted molar refractivity (Wildman–Crippen MR) is 56.6 cm³/mol. The van der Waals surface area contributed by atoms with Crippen LogP contribution in [0.5, 0.6) is 5.88 Å². The van der Waals surface area contributed by atoms with E-state index in [-0.39, 0.29) is 24.9 Å². The average molecular weight is 253 g/mol. The van der Waals surface area contributed by atoms with Crippen LogP contribution < -0.4 is 27.4 Å². The van der Waals surface area contributed by atoms with Crippen molar-refractivity contribution in [1.29, 1.82) is 0 Å². The molecule has 0 spiro atoms. The quantitative estimate of drug-likeness (QED) is 0.544. The van der Waals surface area contributed by atoms with Gasteiger partial charge in [-0.1, -0.05) is 0 Å².